The van der Waals surface area contributed by atoms with Gasteiger partial charge in [-0.3, -0.25) is 0 Å². The Morgan fingerprint density at radius 2 is 2.00 bits per heavy atom. The number of nitrogens with one attached hydrogen (secondary N) is 1. The fourth-order valence-corrected chi connectivity index (χ4v) is 2.92. The zero-order chi connectivity index (χ0) is 13.8. The van der Waals surface area contributed by atoms with Crippen LogP contribution >= 0.6 is 27.7 Å². The highest BCUT2D eigenvalue weighted by molar-refractivity contribution is 9.10. The third-order valence-electron chi connectivity index (χ3n) is 2.39. The van der Waals surface area contributed by atoms with Crippen molar-refractivity contribution < 1.29 is 9.47 Å². The lowest BCUT2D eigenvalue weighted by Crippen LogP contribution is -1.93. The second-order valence-corrected chi connectivity index (χ2v) is 5.39. The quantitative estimate of drug-likeness (QED) is 0.810. The Bertz CT molecular complexity index is 576. The van der Waals surface area contributed by atoms with Crippen LogP contribution in [-0.2, 0) is 5.75 Å². The van der Waals surface area contributed by atoms with Gasteiger partial charge in [-0.15, -0.1) is 5.10 Å². The van der Waals surface area contributed by atoms with Gasteiger partial charge in [0.2, 0.25) is 11.1 Å². The Morgan fingerprint density at radius 1 is 1.32 bits per heavy atom. The molecule has 0 bridgehead atoms. The molecule has 1 aromatic heterocycles. The molecule has 2 rings (SSSR count). The summed E-state index contributed by atoms with van der Waals surface area (Å²) in [6.07, 6.45) is 0. The first-order valence-corrected chi connectivity index (χ1v) is 7.13. The van der Waals surface area contributed by atoms with Crippen LogP contribution in [-0.4, -0.2) is 29.4 Å². The molecule has 0 radical (unpaired) electrons. The zero-order valence-corrected chi connectivity index (χ0v) is 12.8. The highest BCUT2D eigenvalue weighted by atomic mass is 79.9. The lowest BCUT2D eigenvalue weighted by atomic mass is 10.2. The van der Waals surface area contributed by atoms with E-state index in [4.69, 9.17) is 15.2 Å². The minimum atomic E-state index is 0.314. The summed E-state index contributed by atoms with van der Waals surface area (Å²) in [5, 5.41) is 7.18. The van der Waals surface area contributed by atoms with E-state index >= 15 is 0 Å². The largest absolute Gasteiger partial charge is 0.493 e. The van der Waals surface area contributed by atoms with E-state index in [0.717, 1.165) is 10.0 Å². The standard InChI is InChI=1S/C11H13BrN4O2S/c1-17-8-3-6(7(12)4-9(8)18-2)5-19-11-14-10(13)15-16-11/h3-4H,5H2,1-2H3,(H3,13,14,15,16). The number of aromatic nitrogens is 3. The van der Waals surface area contributed by atoms with E-state index in [0.29, 0.717) is 28.4 Å². The number of halogens is 1. The normalized spacial score (nSPS) is 10.5. The first-order valence-electron chi connectivity index (χ1n) is 5.35. The second-order valence-electron chi connectivity index (χ2n) is 3.59. The van der Waals surface area contributed by atoms with E-state index < -0.39 is 0 Å². The van der Waals surface area contributed by atoms with Crippen molar-refractivity contribution in [1.29, 1.82) is 0 Å². The summed E-state index contributed by atoms with van der Waals surface area (Å²) in [6, 6.07) is 3.80. The van der Waals surface area contributed by atoms with Crippen molar-refractivity contribution in [2.75, 3.05) is 20.0 Å². The number of nitrogens with zero attached hydrogens (tertiary/aromatic N) is 2. The van der Waals surface area contributed by atoms with Gasteiger partial charge in [0, 0.05) is 10.2 Å². The van der Waals surface area contributed by atoms with Crippen molar-refractivity contribution in [3.63, 3.8) is 0 Å². The first kappa shape index (κ1) is 14.0. The number of anilines is 1. The maximum Gasteiger partial charge on any atom is 0.216 e. The van der Waals surface area contributed by atoms with E-state index in [1.807, 2.05) is 12.1 Å². The predicted molar refractivity (Wildman–Crippen MR) is 77.6 cm³/mol. The molecular formula is C11H13BrN4O2S. The number of hydrogen-bond donors (Lipinski definition) is 2. The summed E-state index contributed by atoms with van der Waals surface area (Å²) in [5.74, 6) is 2.38. The van der Waals surface area contributed by atoms with E-state index in [9.17, 15) is 0 Å². The summed E-state index contributed by atoms with van der Waals surface area (Å²) in [7, 11) is 3.22. The Labute approximate surface area is 123 Å². The number of hydrogen-bond acceptors (Lipinski definition) is 6. The van der Waals surface area contributed by atoms with Gasteiger partial charge in [-0.25, -0.2) is 5.10 Å². The number of rotatable bonds is 5. The van der Waals surface area contributed by atoms with Crippen LogP contribution < -0.4 is 15.2 Å². The Morgan fingerprint density at radius 3 is 2.58 bits per heavy atom. The third-order valence-corrected chi connectivity index (χ3v) is 4.03. The van der Waals surface area contributed by atoms with Gasteiger partial charge in [-0.2, -0.15) is 4.98 Å². The maximum absolute atomic E-state index is 5.47. The molecule has 0 saturated carbocycles. The number of aromatic amines is 1. The van der Waals surface area contributed by atoms with Crippen LogP contribution in [0.4, 0.5) is 5.95 Å². The molecule has 0 aliphatic heterocycles. The lowest BCUT2D eigenvalue weighted by Gasteiger charge is -2.11. The van der Waals surface area contributed by atoms with Crippen molar-refractivity contribution in [2.45, 2.75) is 10.9 Å². The fraction of sp³-hybridized carbons (Fsp3) is 0.273. The van der Waals surface area contributed by atoms with Gasteiger partial charge in [-0.05, 0) is 17.7 Å². The molecule has 8 heteroatoms. The number of H-pyrrole nitrogens is 1. The maximum atomic E-state index is 5.47. The monoisotopic (exact) mass is 344 g/mol. The summed E-state index contributed by atoms with van der Waals surface area (Å²) in [6.45, 7) is 0. The highest BCUT2D eigenvalue weighted by Crippen LogP contribution is 2.35. The van der Waals surface area contributed by atoms with Crippen molar-refractivity contribution in [3.05, 3.63) is 22.2 Å². The molecule has 3 N–H and O–H groups in total. The molecular weight excluding hydrogens is 332 g/mol. The Hall–Kier alpha value is -1.41. The summed E-state index contributed by atoms with van der Waals surface area (Å²) >= 11 is 4.99. The molecule has 0 amide bonds. The van der Waals surface area contributed by atoms with Crippen molar-refractivity contribution in [1.82, 2.24) is 15.2 Å². The van der Waals surface area contributed by atoms with Crippen LogP contribution in [0.15, 0.2) is 21.8 Å². The van der Waals surface area contributed by atoms with Crippen LogP contribution in [0.25, 0.3) is 0 Å². The van der Waals surface area contributed by atoms with Gasteiger partial charge >= 0.3 is 0 Å². The number of benzene rings is 1. The van der Waals surface area contributed by atoms with E-state index in [-0.39, 0.29) is 0 Å². The van der Waals surface area contributed by atoms with Crippen LogP contribution in [0.5, 0.6) is 11.5 Å². The molecule has 102 valence electrons. The molecule has 2 aromatic rings. The minimum absolute atomic E-state index is 0.314. The molecule has 1 aromatic carbocycles. The molecule has 0 unspecified atom stereocenters. The number of nitrogens with two attached hydrogens (primary N) is 1. The van der Waals surface area contributed by atoms with Crippen LogP contribution in [0, 0.1) is 0 Å². The molecule has 19 heavy (non-hydrogen) atoms. The molecule has 0 saturated heterocycles. The fourth-order valence-electron chi connectivity index (χ4n) is 1.47. The van der Waals surface area contributed by atoms with Crippen molar-refractivity contribution in [3.8, 4) is 11.5 Å². The lowest BCUT2D eigenvalue weighted by molar-refractivity contribution is 0.354. The van der Waals surface area contributed by atoms with Crippen molar-refractivity contribution >= 4 is 33.6 Å². The first-order chi connectivity index (χ1) is 9.13. The second kappa shape index (κ2) is 6.16. The summed E-state index contributed by atoms with van der Waals surface area (Å²) < 4.78 is 11.5. The van der Waals surface area contributed by atoms with Crippen LogP contribution in [0.1, 0.15) is 5.56 Å². The molecule has 0 aliphatic rings. The molecule has 0 aliphatic carbocycles. The predicted octanol–water partition coefficient (Wildman–Crippen LogP) is 2.46. The Kier molecular flexibility index (Phi) is 4.54. The Balaban J connectivity index is 2.15. The van der Waals surface area contributed by atoms with Gasteiger partial charge in [0.25, 0.3) is 0 Å². The zero-order valence-electron chi connectivity index (χ0n) is 10.4. The van der Waals surface area contributed by atoms with E-state index in [2.05, 4.69) is 31.1 Å². The van der Waals surface area contributed by atoms with Crippen LogP contribution in [0.2, 0.25) is 0 Å². The molecule has 0 fully saturated rings. The highest BCUT2D eigenvalue weighted by Gasteiger charge is 2.11. The van der Waals surface area contributed by atoms with Gasteiger partial charge in [0.1, 0.15) is 0 Å². The van der Waals surface area contributed by atoms with E-state index in [1.165, 1.54) is 11.8 Å². The van der Waals surface area contributed by atoms with Crippen LogP contribution in [0.3, 0.4) is 0 Å². The smallest absolute Gasteiger partial charge is 0.216 e. The molecule has 1 heterocycles. The average Bonchev–Trinajstić information content (AvgIpc) is 2.82. The third kappa shape index (κ3) is 3.32. The number of nitrogen functional groups attached to an aromatic ring is 1. The number of methoxy groups -OCH3 is 2. The molecule has 0 atom stereocenters. The van der Waals surface area contributed by atoms with E-state index in [1.54, 1.807) is 14.2 Å². The average molecular weight is 345 g/mol. The summed E-state index contributed by atoms with van der Waals surface area (Å²) in [5.41, 5.74) is 6.53. The summed E-state index contributed by atoms with van der Waals surface area (Å²) in [4.78, 5) is 4.03. The minimum Gasteiger partial charge on any atom is -0.493 e. The van der Waals surface area contributed by atoms with Crippen molar-refractivity contribution in [2.24, 2.45) is 0 Å². The topological polar surface area (TPSA) is 86.0 Å². The van der Waals surface area contributed by atoms with Gasteiger partial charge in [0.15, 0.2) is 11.5 Å². The van der Waals surface area contributed by atoms with Gasteiger partial charge in [-0.1, -0.05) is 27.7 Å². The number of thioether (sulfide) groups is 1. The molecule has 0 spiro atoms. The number of ether oxygens (including phenoxy) is 2. The molecule has 6 nitrogen and oxygen atoms in total. The van der Waals surface area contributed by atoms with Gasteiger partial charge in [0.05, 0.1) is 14.2 Å². The SMILES string of the molecule is COc1cc(Br)c(CSc2n[nH]c(N)n2)cc1OC. The van der Waals surface area contributed by atoms with Gasteiger partial charge < -0.3 is 15.2 Å².